The van der Waals surface area contributed by atoms with Gasteiger partial charge in [0.25, 0.3) is 0 Å². The van der Waals surface area contributed by atoms with Crippen LogP contribution in [0.5, 0.6) is 0 Å². The zero-order valence-corrected chi connectivity index (χ0v) is 41.3. The Kier molecular flexibility index (Phi) is 48.9. The minimum atomic E-state index is -0.809. The second-order valence-electron chi connectivity index (χ2n) is 17.4. The van der Waals surface area contributed by atoms with Gasteiger partial charge in [-0.2, -0.15) is 0 Å². The molecule has 0 radical (unpaired) electrons. The standard InChI is InChI=1S/C57H98O6/c1-4-7-10-13-16-19-22-25-27-28-30-33-36-39-42-45-48-51-57(60)63-54(52-61-55(58)49-46-43-40-37-34-31-24-21-18-15-12-9-6-3)53-62-56(59)50-47-44-41-38-35-32-29-26-23-20-17-14-11-8-5-2/h16,19,21,24-27,29-30,33,39,42,54H,4-15,17-18,20,22-23,28,31-32,34-38,40-41,43-53H2,1-3H3/b19-16-,24-21-,27-25-,29-26-,33-30-,42-39-/t54-/m0/s1. The Morgan fingerprint density at radius 2 is 0.587 bits per heavy atom. The summed E-state index contributed by atoms with van der Waals surface area (Å²) in [4.78, 5) is 38.0. The predicted octanol–water partition coefficient (Wildman–Crippen LogP) is 17.4. The van der Waals surface area contributed by atoms with Crippen LogP contribution in [-0.2, 0) is 28.6 Å². The first-order valence-corrected chi connectivity index (χ1v) is 26.4. The van der Waals surface area contributed by atoms with Gasteiger partial charge in [-0.05, 0) is 109 Å². The summed E-state index contributed by atoms with van der Waals surface area (Å²) < 4.78 is 16.7. The lowest BCUT2D eigenvalue weighted by Crippen LogP contribution is -2.30. The van der Waals surface area contributed by atoms with Crippen molar-refractivity contribution in [2.45, 2.75) is 258 Å². The number of carbonyl (C=O) groups is 3. The summed E-state index contributed by atoms with van der Waals surface area (Å²) in [5, 5.41) is 0. The molecule has 0 amide bonds. The Morgan fingerprint density at radius 3 is 1.00 bits per heavy atom. The predicted molar refractivity (Wildman–Crippen MR) is 270 cm³/mol. The van der Waals surface area contributed by atoms with Crippen LogP contribution in [0.1, 0.15) is 252 Å². The fourth-order valence-electron chi connectivity index (χ4n) is 7.13. The third-order valence-corrected chi connectivity index (χ3v) is 11.2. The van der Waals surface area contributed by atoms with Crippen LogP contribution in [0.15, 0.2) is 72.9 Å². The Bertz CT molecular complexity index is 1190. The molecular weight excluding hydrogens is 781 g/mol. The summed E-state index contributed by atoms with van der Waals surface area (Å²) in [5.41, 5.74) is 0. The van der Waals surface area contributed by atoms with Gasteiger partial charge < -0.3 is 14.2 Å². The number of hydrogen-bond donors (Lipinski definition) is 0. The molecule has 0 rings (SSSR count). The molecule has 0 bridgehead atoms. The number of hydrogen-bond acceptors (Lipinski definition) is 6. The molecule has 0 aromatic rings. The Hall–Kier alpha value is -3.15. The number of esters is 3. The maximum atomic E-state index is 12.8. The molecule has 0 aliphatic rings. The first-order chi connectivity index (χ1) is 31.0. The average Bonchev–Trinajstić information content (AvgIpc) is 3.28. The highest BCUT2D eigenvalue weighted by molar-refractivity contribution is 5.71. The van der Waals surface area contributed by atoms with E-state index in [1.54, 1.807) is 0 Å². The number of unbranched alkanes of at least 4 members (excludes halogenated alkanes) is 24. The van der Waals surface area contributed by atoms with Crippen LogP contribution < -0.4 is 0 Å². The topological polar surface area (TPSA) is 78.9 Å². The van der Waals surface area contributed by atoms with E-state index >= 15 is 0 Å². The number of carbonyl (C=O) groups excluding carboxylic acids is 3. The Morgan fingerprint density at radius 1 is 0.317 bits per heavy atom. The van der Waals surface area contributed by atoms with E-state index in [1.807, 2.05) is 0 Å². The second-order valence-corrected chi connectivity index (χ2v) is 17.4. The van der Waals surface area contributed by atoms with E-state index in [2.05, 4.69) is 93.7 Å². The molecule has 362 valence electrons. The summed E-state index contributed by atoms with van der Waals surface area (Å²) in [6, 6.07) is 0. The van der Waals surface area contributed by atoms with Crippen molar-refractivity contribution in [3.8, 4) is 0 Å². The Balaban J connectivity index is 4.50. The molecule has 1 atom stereocenters. The lowest BCUT2D eigenvalue weighted by atomic mass is 10.1. The number of ether oxygens (including phenoxy) is 3. The lowest BCUT2D eigenvalue weighted by Gasteiger charge is -2.18. The van der Waals surface area contributed by atoms with Gasteiger partial charge in [0.15, 0.2) is 6.10 Å². The number of rotatable bonds is 47. The molecule has 0 saturated heterocycles. The van der Waals surface area contributed by atoms with Crippen LogP contribution in [0.3, 0.4) is 0 Å². The van der Waals surface area contributed by atoms with Crippen molar-refractivity contribution in [1.82, 2.24) is 0 Å². The SMILES string of the molecule is CCCCC/C=C\C/C=C\C/C=C\C/C=C\CCCC(=O)O[C@@H](COC(=O)CCCCCCC/C=C\CCCCCC)COC(=O)CCCCCCC/C=C\CCCCCCCC. The largest absolute Gasteiger partial charge is 0.462 e. The monoisotopic (exact) mass is 879 g/mol. The van der Waals surface area contributed by atoms with Crippen LogP contribution in [0.4, 0.5) is 0 Å². The molecule has 0 fully saturated rings. The summed E-state index contributed by atoms with van der Waals surface area (Å²) in [5.74, 6) is -0.975. The summed E-state index contributed by atoms with van der Waals surface area (Å²) >= 11 is 0. The van der Waals surface area contributed by atoms with Crippen LogP contribution in [0.25, 0.3) is 0 Å². The van der Waals surface area contributed by atoms with E-state index < -0.39 is 6.10 Å². The van der Waals surface area contributed by atoms with Crippen molar-refractivity contribution in [3.05, 3.63) is 72.9 Å². The van der Waals surface area contributed by atoms with Crippen molar-refractivity contribution in [2.75, 3.05) is 13.2 Å². The minimum absolute atomic E-state index is 0.104. The summed E-state index contributed by atoms with van der Waals surface area (Å²) in [6.07, 6.45) is 64.6. The molecule has 0 aromatic heterocycles. The first kappa shape index (κ1) is 59.9. The molecule has 0 saturated carbocycles. The van der Waals surface area contributed by atoms with Crippen LogP contribution in [0.2, 0.25) is 0 Å². The van der Waals surface area contributed by atoms with Gasteiger partial charge in [-0.15, -0.1) is 0 Å². The van der Waals surface area contributed by atoms with E-state index in [4.69, 9.17) is 14.2 Å². The Labute approximate surface area is 389 Å². The van der Waals surface area contributed by atoms with E-state index in [0.717, 1.165) is 83.5 Å². The van der Waals surface area contributed by atoms with Gasteiger partial charge in [0.1, 0.15) is 13.2 Å². The maximum absolute atomic E-state index is 12.8. The van der Waals surface area contributed by atoms with Gasteiger partial charge in [-0.3, -0.25) is 14.4 Å². The molecule has 0 aliphatic carbocycles. The summed E-state index contributed by atoms with van der Waals surface area (Å²) in [6.45, 7) is 6.53. The quantitative estimate of drug-likeness (QED) is 0.0262. The highest BCUT2D eigenvalue weighted by Crippen LogP contribution is 2.13. The summed E-state index contributed by atoms with van der Waals surface area (Å²) in [7, 11) is 0. The van der Waals surface area contributed by atoms with Gasteiger partial charge in [-0.1, -0.05) is 196 Å². The molecule has 0 heterocycles. The van der Waals surface area contributed by atoms with Crippen LogP contribution in [0, 0.1) is 0 Å². The lowest BCUT2D eigenvalue weighted by molar-refractivity contribution is -0.167. The van der Waals surface area contributed by atoms with Gasteiger partial charge in [-0.25, -0.2) is 0 Å². The molecule has 0 aliphatic heterocycles. The molecule has 6 nitrogen and oxygen atoms in total. The number of allylic oxidation sites excluding steroid dienone is 12. The third kappa shape index (κ3) is 49.7. The normalized spacial score (nSPS) is 12.6. The molecule has 0 aromatic carbocycles. The molecule has 0 spiro atoms. The molecule has 63 heavy (non-hydrogen) atoms. The average molecular weight is 879 g/mol. The van der Waals surface area contributed by atoms with Crippen LogP contribution >= 0.6 is 0 Å². The highest BCUT2D eigenvalue weighted by Gasteiger charge is 2.19. The van der Waals surface area contributed by atoms with E-state index in [0.29, 0.717) is 19.3 Å². The fraction of sp³-hybridized carbons (Fsp3) is 0.737. The molecule has 6 heteroatoms. The molecule has 0 N–H and O–H groups in total. The van der Waals surface area contributed by atoms with Gasteiger partial charge in [0.05, 0.1) is 0 Å². The van der Waals surface area contributed by atoms with Gasteiger partial charge in [0, 0.05) is 19.3 Å². The van der Waals surface area contributed by atoms with E-state index in [-0.39, 0.29) is 37.5 Å². The second kappa shape index (κ2) is 51.5. The van der Waals surface area contributed by atoms with Gasteiger partial charge >= 0.3 is 17.9 Å². The maximum Gasteiger partial charge on any atom is 0.306 e. The fourth-order valence-corrected chi connectivity index (χ4v) is 7.13. The molecule has 0 unspecified atom stereocenters. The zero-order chi connectivity index (χ0) is 45.8. The van der Waals surface area contributed by atoms with E-state index in [1.165, 1.54) is 122 Å². The van der Waals surface area contributed by atoms with Gasteiger partial charge in [0.2, 0.25) is 0 Å². The first-order valence-electron chi connectivity index (χ1n) is 26.4. The highest BCUT2D eigenvalue weighted by atomic mass is 16.6. The minimum Gasteiger partial charge on any atom is -0.462 e. The molecular formula is C57H98O6. The van der Waals surface area contributed by atoms with Crippen molar-refractivity contribution >= 4 is 17.9 Å². The van der Waals surface area contributed by atoms with Crippen molar-refractivity contribution in [2.24, 2.45) is 0 Å². The van der Waals surface area contributed by atoms with Crippen molar-refractivity contribution < 1.29 is 28.6 Å². The zero-order valence-electron chi connectivity index (χ0n) is 41.3. The van der Waals surface area contributed by atoms with E-state index in [9.17, 15) is 14.4 Å². The third-order valence-electron chi connectivity index (χ3n) is 11.2. The van der Waals surface area contributed by atoms with Crippen molar-refractivity contribution in [1.29, 1.82) is 0 Å². The smallest absolute Gasteiger partial charge is 0.306 e. The van der Waals surface area contributed by atoms with Crippen LogP contribution in [-0.4, -0.2) is 37.2 Å². The van der Waals surface area contributed by atoms with Crippen molar-refractivity contribution in [3.63, 3.8) is 0 Å².